The summed E-state index contributed by atoms with van der Waals surface area (Å²) in [5.41, 5.74) is 1.93. The van der Waals surface area contributed by atoms with E-state index >= 15 is 0 Å². The Morgan fingerprint density at radius 3 is 2.68 bits per heavy atom. The summed E-state index contributed by atoms with van der Waals surface area (Å²) in [6.45, 7) is 4.76. The number of nitrogens with zero attached hydrogens (tertiary/aromatic N) is 1. The van der Waals surface area contributed by atoms with Crippen molar-refractivity contribution >= 4 is 32.3 Å². The molecule has 2 aromatic rings. The van der Waals surface area contributed by atoms with Crippen molar-refractivity contribution in [1.29, 1.82) is 0 Å². The normalized spacial score (nSPS) is 12.7. The molecule has 0 saturated heterocycles. The van der Waals surface area contributed by atoms with Crippen LogP contribution < -0.4 is 5.32 Å². The van der Waals surface area contributed by atoms with Crippen LogP contribution in [0.4, 0.5) is 0 Å². The molecule has 120 valence electrons. The van der Waals surface area contributed by atoms with Crippen molar-refractivity contribution in [2.24, 2.45) is 0 Å². The fraction of sp³-hybridized carbons (Fsp3) is 0.438. The Morgan fingerprint density at radius 1 is 1.27 bits per heavy atom. The molecule has 0 aliphatic heterocycles. The number of hydrogen-bond donors (Lipinski definition) is 1. The zero-order valence-corrected chi connectivity index (χ0v) is 14.6. The van der Waals surface area contributed by atoms with Gasteiger partial charge in [0.2, 0.25) is 0 Å². The molecular weight excluding hydrogens is 320 g/mol. The molecule has 6 heteroatoms. The molecule has 0 aliphatic carbocycles. The van der Waals surface area contributed by atoms with Gasteiger partial charge in [0.15, 0.2) is 9.84 Å². The van der Waals surface area contributed by atoms with Crippen molar-refractivity contribution in [1.82, 2.24) is 10.3 Å². The van der Waals surface area contributed by atoms with Gasteiger partial charge in [0.05, 0.1) is 10.3 Å². The lowest BCUT2D eigenvalue weighted by molar-refractivity contribution is 0.514. The van der Waals surface area contributed by atoms with E-state index in [4.69, 9.17) is 11.6 Å². The standard InChI is InChI=1S/C16H21ClN2O2S/c1-16(2,22(3,20)21)8-10-18-11-12-6-7-14(17)13-5-4-9-19-15(12)13/h4-7,9,18H,8,10-11H2,1-3H3. The Morgan fingerprint density at radius 2 is 2.00 bits per heavy atom. The van der Waals surface area contributed by atoms with Gasteiger partial charge in [-0.2, -0.15) is 0 Å². The molecule has 1 N–H and O–H groups in total. The molecule has 0 radical (unpaired) electrons. The van der Waals surface area contributed by atoms with E-state index in [1.165, 1.54) is 6.26 Å². The third kappa shape index (κ3) is 3.77. The second-order valence-corrected chi connectivity index (χ2v) is 9.12. The maximum absolute atomic E-state index is 11.7. The number of aromatic nitrogens is 1. The highest BCUT2D eigenvalue weighted by Gasteiger charge is 2.29. The molecule has 22 heavy (non-hydrogen) atoms. The minimum Gasteiger partial charge on any atom is -0.313 e. The highest BCUT2D eigenvalue weighted by Crippen LogP contribution is 2.25. The predicted molar refractivity (Wildman–Crippen MR) is 92.0 cm³/mol. The van der Waals surface area contributed by atoms with Gasteiger partial charge in [0, 0.05) is 29.4 Å². The predicted octanol–water partition coefficient (Wildman–Crippen LogP) is 3.19. The van der Waals surface area contributed by atoms with E-state index < -0.39 is 14.6 Å². The van der Waals surface area contributed by atoms with Gasteiger partial charge >= 0.3 is 0 Å². The SMILES string of the molecule is CC(C)(CCNCc1ccc(Cl)c2cccnc12)S(C)(=O)=O. The van der Waals surface area contributed by atoms with Crippen LogP contribution in [0.3, 0.4) is 0 Å². The summed E-state index contributed by atoms with van der Waals surface area (Å²) < 4.78 is 22.6. The molecule has 0 saturated carbocycles. The van der Waals surface area contributed by atoms with Crippen LogP contribution in [0.5, 0.6) is 0 Å². The number of fused-ring (bicyclic) bond motifs is 1. The first kappa shape index (κ1) is 17.2. The van der Waals surface area contributed by atoms with Crippen molar-refractivity contribution in [2.45, 2.75) is 31.6 Å². The molecule has 1 heterocycles. The fourth-order valence-corrected chi connectivity index (χ4v) is 2.83. The van der Waals surface area contributed by atoms with Crippen LogP contribution in [-0.2, 0) is 16.4 Å². The number of pyridine rings is 1. The van der Waals surface area contributed by atoms with Crippen LogP contribution in [0.2, 0.25) is 5.02 Å². The van der Waals surface area contributed by atoms with Gasteiger partial charge in [0.1, 0.15) is 0 Å². The molecule has 0 amide bonds. The van der Waals surface area contributed by atoms with Crippen LogP contribution in [0, 0.1) is 0 Å². The second kappa shape index (κ2) is 6.52. The monoisotopic (exact) mass is 340 g/mol. The molecule has 0 fully saturated rings. The molecule has 0 bridgehead atoms. The van der Waals surface area contributed by atoms with E-state index in [9.17, 15) is 8.42 Å². The van der Waals surface area contributed by atoms with Gasteiger partial charge in [-0.15, -0.1) is 0 Å². The fourth-order valence-electron chi connectivity index (χ4n) is 2.14. The molecule has 2 rings (SSSR count). The Kier molecular flexibility index (Phi) is 5.10. The van der Waals surface area contributed by atoms with E-state index in [-0.39, 0.29) is 0 Å². The Labute approximate surface area is 136 Å². The summed E-state index contributed by atoms with van der Waals surface area (Å²) in [7, 11) is -3.06. The zero-order valence-electron chi connectivity index (χ0n) is 13.1. The first-order chi connectivity index (χ1) is 10.2. The topological polar surface area (TPSA) is 59.1 Å². The van der Waals surface area contributed by atoms with Crippen molar-refractivity contribution in [2.75, 3.05) is 12.8 Å². The van der Waals surface area contributed by atoms with E-state index in [1.807, 2.05) is 24.3 Å². The summed E-state index contributed by atoms with van der Waals surface area (Å²) in [6.07, 6.45) is 3.59. The molecular formula is C16H21ClN2O2S. The van der Waals surface area contributed by atoms with Crippen molar-refractivity contribution in [3.05, 3.63) is 41.0 Å². The molecule has 0 atom stereocenters. The number of rotatable bonds is 6. The average Bonchev–Trinajstić information content (AvgIpc) is 2.45. The minimum atomic E-state index is -3.06. The number of benzene rings is 1. The number of hydrogen-bond acceptors (Lipinski definition) is 4. The molecule has 1 aromatic carbocycles. The van der Waals surface area contributed by atoms with Crippen molar-refractivity contribution in [3.63, 3.8) is 0 Å². The summed E-state index contributed by atoms with van der Waals surface area (Å²) >= 11 is 6.17. The maximum Gasteiger partial charge on any atom is 0.152 e. The Hall–Kier alpha value is -1.17. The third-order valence-electron chi connectivity index (χ3n) is 4.02. The summed E-state index contributed by atoms with van der Waals surface area (Å²) in [5.74, 6) is 0. The first-order valence-electron chi connectivity index (χ1n) is 7.15. The summed E-state index contributed by atoms with van der Waals surface area (Å²) in [6, 6.07) is 7.62. The smallest absolute Gasteiger partial charge is 0.152 e. The molecule has 0 unspecified atom stereocenters. The van der Waals surface area contributed by atoms with E-state index in [0.717, 1.165) is 16.5 Å². The van der Waals surface area contributed by atoms with Crippen LogP contribution in [0.15, 0.2) is 30.5 Å². The first-order valence-corrected chi connectivity index (χ1v) is 9.42. The third-order valence-corrected chi connectivity index (χ3v) is 6.56. The lowest BCUT2D eigenvalue weighted by Crippen LogP contribution is -2.34. The summed E-state index contributed by atoms with van der Waals surface area (Å²) in [4.78, 5) is 4.39. The average molecular weight is 341 g/mol. The summed E-state index contributed by atoms with van der Waals surface area (Å²) in [5, 5.41) is 4.91. The lowest BCUT2D eigenvalue weighted by atomic mass is 10.1. The van der Waals surface area contributed by atoms with Gasteiger partial charge in [-0.05, 0) is 50.6 Å². The molecule has 0 spiro atoms. The quantitative estimate of drug-likeness (QED) is 0.820. The maximum atomic E-state index is 11.7. The Bertz CT molecular complexity index is 773. The zero-order chi connectivity index (χ0) is 16.4. The number of sulfone groups is 1. The lowest BCUT2D eigenvalue weighted by Gasteiger charge is -2.22. The van der Waals surface area contributed by atoms with Crippen molar-refractivity contribution < 1.29 is 8.42 Å². The highest BCUT2D eigenvalue weighted by atomic mass is 35.5. The van der Waals surface area contributed by atoms with Crippen LogP contribution in [-0.4, -0.2) is 30.9 Å². The molecule has 4 nitrogen and oxygen atoms in total. The van der Waals surface area contributed by atoms with Gasteiger partial charge in [0.25, 0.3) is 0 Å². The number of nitrogens with one attached hydrogen (secondary N) is 1. The largest absolute Gasteiger partial charge is 0.313 e. The van der Waals surface area contributed by atoms with Crippen LogP contribution in [0.25, 0.3) is 10.9 Å². The van der Waals surface area contributed by atoms with Gasteiger partial charge < -0.3 is 5.32 Å². The van der Waals surface area contributed by atoms with E-state index in [2.05, 4.69) is 10.3 Å². The van der Waals surface area contributed by atoms with Gasteiger partial charge in [-0.1, -0.05) is 17.7 Å². The van der Waals surface area contributed by atoms with Gasteiger partial charge in [-0.3, -0.25) is 4.98 Å². The van der Waals surface area contributed by atoms with Crippen LogP contribution in [0.1, 0.15) is 25.8 Å². The second-order valence-electron chi connectivity index (χ2n) is 6.06. The molecule has 0 aliphatic rings. The molecule has 1 aromatic heterocycles. The van der Waals surface area contributed by atoms with Crippen LogP contribution >= 0.6 is 11.6 Å². The van der Waals surface area contributed by atoms with E-state index in [0.29, 0.717) is 24.5 Å². The Balaban J connectivity index is 2.03. The highest BCUT2D eigenvalue weighted by molar-refractivity contribution is 7.92. The number of halogens is 1. The van der Waals surface area contributed by atoms with Gasteiger partial charge in [-0.25, -0.2) is 8.42 Å². The van der Waals surface area contributed by atoms with E-state index in [1.54, 1.807) is 20.0 Å². The minimum absolute atomic E-state index is 0.560. The van der Waals surface area contributed by atoms with Crippen molar-refractivity contribution in [3.8, 4) is 0 Å².